The molecule has 1 aromatic carbocycles. The van der Waals surface area contributed by atoms with Crippen molar-refractivity contribution in [3.05, 3.63) is 35.4 Å². The fraction of sp³-hybridized carbons (Fsp3) is 0.571. The molecule has 0 saturated heterocycles. The fourth-order valence-electron chi connectivity index (χ4n) is 2.47. The number of benzene rings is 1. The molecule has 0 aliphatic heterocycles. The van der Waals surface area contributed by atoms with Crippen LogP contribution >= 0.6 is 0 Å². The first kappa shape index (κ1) is 14.3. The highest BCUT2D eigenvalue weighted by Gasteiger charge is 2.30. The minimum absolute atomic E-state index is 0.163. The Morgan fingerprint density at radius 1 is 1.21 bits per heavy atom. The number of rotatable bonds is 4. The highest BCUT2D eigenvalue weighted by Crippen LogP contribution is 2.30. The Morgan fingerprint density at radius 2 is 1.79 bits per heavy atom. The van der Waals surface area contributed by atoms with Crippen LogP contribution in [0, 0.1) is 5.92 Å². The monoisotopic (exact) mass is 273 g/mol. The summed E-state index contributed by atoms with van der Waals surface area (Å²) in [6.45, 7) is 1.50. The standard InChI is InChI=1S/C14H18F3NO/c1-18(9-11-6-13(19)7-11)8-10-2-4-12(5-3-10)14(15,16)17/h2-5,11,13,19H,6-9H2,1H3. The Bertz CT molecular complexity index is 410. The van der Waals surface area contributed by atoms with Crippen LogP contribution in [-0.2, 0) is 12.7 Å². The quantitative estimate of drug-likeness (QED) is 0.911. The van der Waals surface area contributed by atoms with Crippen LogP contribution in [0.25, 0.3) is 0 Å². The molecule has 1 aliphatic carbocycles. The van der Waals surface area contributed by atoms with Gasteiger partial charge in [0.1, 0.15) is 0 Å². The largest absolute Gasteiger partial charge is 0.416 e. The molecule has 0 atom stereocenters. The molecule has 1 saturated carbocycles. The van der Waals surface area contributed by atoms with Gasteiger partial charge < -0.3 is 10.0 Å². The molecule has 1 aromatic rings. The first-order valence-corrected chi connectivity index (χ1v) is 6.37. The number of hydrogen-bond acceptors (Lipinski definition) is 2. The average molecular weight is 273 g/mol. The number of aliphatic hydroxyl groups excluding tert-OH is 1. The van der Waals surface area contributed by atoms with Gasteiger partial charge in [-0.1, -0.05) is 12.1 Å². The first-order valence-electron chi connectivity index (χ1n) is 6.37. The summed E-state index contributed by atoms with van der Waals surface area (Å²) in [6, 6.07) is 5.29. The molecule has 1 aliphatic rings. The van der Waals surface area contributed by atoms with Crippen LogP contribution in [0.15, 0.2) is 24.3 Å². The van der Waals surface area contributed by atoms with Gasteiger partial charge in [0.05, 0.1) is 11.7 Å². The maximum absolute atomic E-state index is 12.4. The van der Waals surface area contributed by atoms with Crippen LogP contribution in [0.5, 0.6) is 0 Å². The second kappa shape index (κ2) is 5.51. The summed E-state index contributed by atoms with van der Waals surface area (Å²) in [7, 11) is 1.95. The van der Waals surface area contributed by atoms with E-state index in [2.05, 4.69) is 4.90 Å². The zero-order valence-corrected chi connectivity index (χ0v) is 10.8. The normalized spacial score (nSPS) is 23.5. The smallest absolute Gasteiger partial charge is 0.393 e. The summed E-state index contributed by atoms with van der Waals surface area (Å²) in [6.07, 6.45) is -2.77. The SMILES string of the molecule is CN(Cc1ccc(C(F)(F)F)cc1)CC1CC(O)C1. The lowest BCUT2D eigenvalue weighted by Gasteiger charge is -2.34. The minimum atomic E-state index is -4.27. The van der Waals surface area contributed by atoms with Crippen LogP contribution in [0.1, 0.15) is 24.0 Å². The molecule has 2 rings (SSSR count). The molecule has 2 nitrogen and oxygen atoms in total. The van der Waals surface area contributed by atoms with Crippen LogP contribution < -0.4 is 0 Å². The van der Waals surface area contributed by atoms with E-state index in [9.17, 15) is 18.3 Å². The highest BCUT2D eigenvalue weighted by atomic mass is 19.4. The summed E-state index contributed by atoms with van der Waals surface area (Å²) >= 11 is 0. The van der Waals surface area contributed by atoms with Crippen molar-refractivity contribution in [1.29, 1.82) is 0 Å². The molecule has 0 bridgehead atoms. The molecule has 106 valence electrons. The second-order valence-electron chi connectivity index (χ2n) is 5.38. The molecular weight excluding hydrogens is 255 g/mol. The van der Waals surface area contributed by atoms with Crippen molar-refractivity contribution in [1.82, 2.24) is 4.90 Å². The Labute approximate surface area is 110 Å². The summed E-state index contributed by atoms with van der Waals surface area (Å²) in [5.74, 6) is 0.509. The van der Waals surface area contributed by atoms with Gasteiger partial charge in [-0.2, -0.15) is 13.2 Å². The molecule has 0 spiro atoms. The van der Waals surface area contributed by atoms with Crippen molar-refractivity contribution >= 4 is 0 Å². The number of alkyl halides is 3. The molecule has 0 unspecified atom stereocenters. The van der Waals surface area contributed by atoms with Crippen LogP contribution in [0.4, 0.5) is 13.2 Å². The van der Waals surface area contributed by atoms with E-state index in [4.69, 9.17) is 0 Å². The molecule has 0 amide bonds. The van der Waals surface area contributed by atoms with E-state index in [0.29, 0.717) is 12.5 Å². The van der Waals surface area contributed by atoms with E-state index in [1.165, 1.54) is 12.1 Å². The summed E-state index contributed by atoms with van der Waals surface area (Å²) < 4.78 is 37.2. The van der Waals surface area contributed by atoms with Gasteiger partial charge in [0.2, 0.25) is 0 Å². The maximum atomic E-state index is 12.4. The first-order chi connectivity index (χ1) is 8.84. The molecule has 0 heterocycles. The predicted octanol–water partition coefficient (Wildman–Crippen LogP) is 2.91. The van der Waals surface area contributed by atoms with Gasteiger partial charge in [-0.3, -0.25) is 0 Å². The lowest BCUT2D eigenvalue weighted by atomic mass is 9.82. The van der Waals surface area contributed by atoms with Crippen molar-refractivity contribution in [3.8, 4) is 0 Å². The number of nitrogens with zero attached hydrogens (tertiary/aromatic N) is 1. The maximum Gasteiger partial charge on any atom is 0.416 e. The van der Waals surface area contributed by atoms with E-state index in [-0.39, 0.29) is 6.10 Å². The molecule has 0 radical (unpaired) electrons. The second-order valence-corrected chi connectivity index (χ2v) is 5.38. The number of hydrogen-bond donors (Lipinski definition) is 1. The van der Waals surface area contributed by atoms with E-state index in [1.54, 1.807) is 0 Å². The predicted molar refractivity (Wildman–Crippen MR) is 66.5 cm³/mol. The van der Waals surface area contributed by atoms with Crippen molar-refractivity contribution in [2.45, 2.75) is 31.7 Å². The number of halogens is 3. The third-order valence-electron chi connectivity index (χ3n) is 3.51. The number of aliphatic hydroxyl groups is 1. The summed E-state index contributed by atoms with van der Waals surface area (Å²) in [4.78, 5) is 2.08. The van der Waals surface area contributed by atoms with Gasteiger partial charge in [0.25, 0.3) is 0 Å². The summed E-state index contributed by atoms with van der Waals surface area (Å²) in [5, 5.41) is 9.20. The molecule has 1 N–H and O–H groups in total. The lowest BCUT2D eigenvalue weighted by molar-refractivity contribution is -0.137. The summed E-state index contributed by atoms with van der Waals surface area (Å²) in [5.41, 5.74) is 0.261. The molecule has 0 aromatic heterocycles. The minimum Gasteiger partial charge on any atom is -0.393 e. The molecule has 1 fully saturated rings. The Balaban J connectivity index is 1.85. The van der Waals surface area contributed by atoms with Crippen molar-refractivity contribution in [3.63, 3.8) is 0 Å². The highest BCUT2D eigenvalue weighted by molar-refractivity contribution is 5.24. The van der Waals surface area contributed by atoms with E-state index < -0.39 is 11.7 Å². The van der Waals surface area contributed by atoms with Crippen LogP contribution in [0.2, 0.25) is 0 Å². The zero-order chi connectivity index (χ0) is 14.0. The van der Waals surface area contributed by atoms with Crippen molar-refractivity contribution < 1.29 is 18.3 Å². The van der Waals surface area contributed by atoms with Gasteiger partial charge in [-0.05, 0) is 43.5 Å². The van der Waals surface area contributed by atoms with Gasteiger partial charge in [0.15, 0.2) is 0 Å². The van der Waals surface area contributed by atoms with Crippen LogP contribution in [-0.4, -0.2) is 29.7 Å². The van der Waals surface area contributed by atoms with Gasteiger partial charge in [-0.15, -0.1) is 0 Å². The fourth-order valence-corrected chi connectivity index (χ4v) is 2.47. The Morgan fingerprint density at radius 3 is 2.26 bits per heavy atom. The van der Waals surface area contributed by atoms with Gasteiger partial charge in [0, 0.05) is 13.1 Å². The van der Waals surface area contributed by atoms with E-state index >= 15 is 0 Å². The van der Waals surface area contributed by atoms with Gasteiger partial charge in [-0.25, -0.2) is 0 Å². The lowest BCUT2D eigenvalue weighted by Crippen LogP contribution is -2.36. The Kier molecular flexibility index (Phi) is 4.16. The van der Waals surface area contributed by atoms with Crippen molar-refractivity contribution in [2.24, 2.45) is 5.92 Å². The third kappa shape index (κ3) is 3.94. The van der Waals surface area contributed by atoms with E-state index in [1.807, 2.05) is 7.05 Å². The van der Waals surface area contributed by atoms with E-state index in [0.717, 1.165) is 37.1 Å². The zero-order valence-electron chi connectivity index (χ0n) is 10.8. The van der Waals surface area contributed by atoms with Crippen molar-refractivity contribution in [2.75, 3.05) is 13.6 Å². The Hall–Kier alpha value is -1.07. The third-order valence-corrected chi connectivity index (χ3v) is 3.51. The topological polar surface area (TPSA) is 23.5 Å². The van der Waals surface area contributed by atoms with Gasteiger partial charge >= 0.3 is 6.18 Å². The molecule has 5 heteroatoms. The van der Waals surface area contributed by atoms with Crippen LogP contribution in [0.3, 0.4) is 0 Å². The molecule has 19 heavy (non-hydrogen) atoms. The molecular formula is C14H18F3NO. The average Bonchev–Trinajstić information content (AvgIpc) is 2.26.